The second kappa shape index (κ2) is 8.54. The summed E-state index contributed by atoms with van der Waals surface area (Å²) in [7, 11) is 3.58. The Bertz CT molecular complexity index is 367. The molecule has 0 atom stereocenters. The average Bonchev–Trinajstić information content (AvgIpc) is 3.00. The fraction of sp³-hybridized carbons (Fsp3) is 0.889. The Hall–Kier alpha value is -1.06. The van der Waals surface area contributed by atoms with E-state index in [0.717, 1.165) is 25.9 Å². The molecule has 1 aliphatic rings. The summed E-state index contributed by atoms with van der Waals surface area (Å²) in [5.74, 6) is 0.539. The van der Waals surface area contributed by atoms with Crippen LogP contribution in [0.4, 0.5) is 0 Å². The van der Waals surface area contributed by atoms with Gasteiger partial charge in [-0.15, -0.1) is 0 Å². The van der Waals surface area contributed by atoms with Crippen LogP contribution in [0, 0.1) is 10.8 Å². The molecule has 0 saturated carbocycles. The minimum absolute atomic E-state index is 0.148. The van der Waals surface area contributed by atoms with Gasteiger partial charge in [0.05, 0.1) is 0 Å². The van der Waals surface area contributed by atoms with E-state index in [1.165, 1.54) is 12.8 Å². The second-order valence-corrected chi connectivity index (χ2v) is 7.67. The van der Waals surface area contributed by atoms with Gasteiger partial charge < -0.3 is 9.80 Å². The molecule has 4 heteroatoms. The van der Waals surface area contributed by atoms with E-state index in [1.54, 1.807) is 19.0 Å². The molecule has 0 unspecified atom stereocenters. The minimum atomic E-state index is -0.191. The third-order valence-corrected chi connectivity index (χ3v) is 4.73. The molecule has 1 fully saturated rings. The predicted molar refractivity (Wildman–Crippen MR) is 92.7 cm³/mol. The molecule has 0 bridgehead atoms. The number of nitrogens with zero attached hydrogens (tertiary/aromatic N) is 2. The van der Waals surface area contributed by atoms with E-state index in [9.17, 15) is 9.59 Å². The summed E-state index contributed by atoms with van der Waals surface area (Å²) in [4.78, 5) is 26.8. The SMILES string of the molecule is CCC(C)(C)C(=O)N(C)C.CCC(C)(C)C(=O)N1CCCC1. The summed E-state index contributed by atoms with van der Waals surface area (Å²) in [5, 5.41) is 0. The zero-order valence-corrected chi connectivity index (χ0v) is 16.0. The fourth-order valence-corrected chi connectivity index (χ4v) is 2.26. The van der Waals surface area contributed by atoms with Crippen molar-refractivity contribution in [1.82, 2.24) is 9.80 Å². The van der Waals surface area contributed by atoms with Gasteiger partial charge in [-0.1, -0.05) is 41.5 Å². The van der Waals surface area contributed by atoms with Gasteiger partial charge in [-0.05, 0) is 25.7 Å². The Morgan fingerprint density at radius 1 is 0.909 bits per heavy atom. The number of hydrogen-bond donors (Lipinski definition) is 0. The van der Waals surface area contributed by atoms with Gasteiger partial charge in [-0.2, -0.15) is 0 Å². The van der Waals surface area contributed by atoms with Crippen molar-refractivity contribution >= 4 is 11.8 Å². The highest BCUT2D eigenvalue weighted by Crippen LogP contribution is 2.25. The van der Waals surface area contributed by atoms with Gasteiger partial charge >= 0.3 is 0 Å². The molecule has 1 heterocycles. The fourth-order valence-electron chi connectivity index (χ4n) is 2.26. The quantitative estimate of drug-likeness (QED) is 0.796. The standard InChI is InChI=1S/C10H19NO.C8H17NO/c1-4-10(2,3)9(12)11-7-5-6-8-11;1-6-8(2,3)7(10)9(4)5/h4-8H2,1-3H3;6H2,1-5H3. The molecule has 2 amide bonds. The minimum Gasteiger partial charge on any atom is -0.348 e. The summed E-state index contributed by atoms with van der Waals surface area (Å²) >= 11 is 0. The number of carbonyl (C=O) groups excluding carboxylic acids is 2. The maximum atomic E-state index is 11.8. The van der Waals surface area contributed by atoms with Crippen LogP contribution in [-0.2, 0) is 9.59 Å². The summed E-state index contributed by atoms with van der Waals surface area (Å²) in [5.41, 5.74) is -0.339. The Labute approximate surface area is 137 Å². The van der Waals surface area contributed by atoms with E-state index in [4.69, 9.17) is 0 Å². The Morgan fingerprint density at radius 3 is 1.59 bits per heavy atom. The number of likely N-dealkylation sites (tertiary alicyclic amines) is 1. The Kier molecular flexibility index (Phi) is 8.13. The largest absolute Gasteiger partial charge is 0.348 e. The monoisotopic (exact) mass is 312 g/mol. The van der Waals surface area contributed by atoms with Crippen LogP contribution in [-0.4, -0.2) is 48.8 Å². The number of hydrogen-bond acceptors (Lipinski definition) is 2. The maximum Gasteiger partial charge on any atom is 0.228 e. The van der Waals surface area contributed by atoms with Crippen molar-refractivity contribution in [2.75, 3.05) is 27.2 Å². The van der Waals surface area contributed by atoms with Gasteiger partial charge in [0.1, 0.15) is 0 Å². The lowest BCUT2D eigenvalue weighted by Crippen LogP contribution is -2.38. The first kappa shape index (κ1) is 20.9. The first-order valence-electron chi connectivity index (χ1n) is 8.50. The van der Waals surface area contributed by atoms with Crippen molar-refractivity contribution in [1.29, 1.82) is 0 Å². The van der Waals surface area contributed by atoms with Crippen LogP contribution >= 0.6 is 0 Å². The summed E-state index contributed by atoms with van der Waals surface area (Å²) in [6.45, 7) is 14.1. The highest BCUT2D eigenvalue weighted by molar-refractivity contribution is 5.82. The van der Waals surface area contributed by atoms with Crippen molar-refractivity contribution < 1.29 is 9.59 Å². The summed E-state index contributed by atoms with van der Waals surface area (Å²) in [6, 6.07) is 0. The maximum absolute atomic E-state index is 11.8. The molecule has 0 aromatic heterocycles. The van der Waals surface area contributed by atoms with Crippen LogP contribution in [0.1, 0.15) is 67.2 Å². The van der Waals surface area contributed by atoms with E-state index in [1.807, 2.05) is 39.5 Å². The summed E-state index contributed by atoms with van der Waals surface area (Å²) < 4.78 is 0. The zero-order valence-electron chi connectivity index (χ0n) is 16.0. The molecule has 1 aliphatic heterocycles. The molecule has 0 aliphatic carbocycles. The molecule has 1 rings (SSSR count). The van der Waals surface area contributed by atoms with Gasteiger partial charge in [0.15, 0.2) is 0 Å². The van der Waals surface area contributed by atoms with Gasteiger partial charge in [0.25, 0.3) is 0 Å². The zero-order chi connectivity index (χ0) is 17.6. The predicted octanol–water partition coefficient (Wildman–Crippen LogP) is 3.56. The average molecular weight is 312 g/mol. The smallest absolute Gasteiger partial charge is 0.228 e. The van der Waals surface area contributed by atoms with E-state index < -0.39 is 0 Å². The molecule has 1 saturated heterocycles. The molecule has 22 heavy (non-hydrogen) atoms. The molecule has 0 N–H and O–H groups in total. The third kappa shape index (κ3) is 5.98. The van der Waals surface area contributed by atoms with Crippen molar-refractivity contribution in [3.8, 4) is 0 Å². The molecule has 0 radical (unpaired) electrons. The van der Waals surface area contributed by atoms with Crippen LogP contribution in [0.3, 0.4) is 0 Å². The highest BCUT2D eigenvalue weighted by Gasteiger charge is 2.31. The van der Waals surface area contributed by atoms with E-state index in [2.05, 4.69) is 6.92 Å². The van der Waals surface area contributed by atoms with E-state index >= 15 is 0 Å². The lowest BCUT2D eigenvalue weighted by molar-refractivity contribution is -0.139. The molecule has 0 aromatic rings. The lowest BCUT2D eigenvalue weighted by Gasteiger charge is -2.27. The third-order valence-electron chi connectivity index (χ3n) is 4.73. The lowest BCUT2D eigenvalue weighted by atomic mass is 9.89. The molecule has 4 nitrogen and oxygen atoms in total. The van der Waals surface area contributed by atoms with Gasteiger partial charge in [0, 0.05) is 38.0 Å². The Morgan fingerprint density at radius 2 is 1.32 bits per heavy atom. The first-order valence-corrected chi connectivity index (χ1v) is 8.50. The molecular weight excluding hydrogens is 276 g/mol. The van der Waals surface area contributed by atoms with Gasteiger partial charge in [-0.25, -0.2) is 0 Å². The van der Waals surface area contributed by atoms with Crippen molar-refractivity contribution in [3.05, 3.63) is 0 Å². The molecule has 130 valence electrons. The first-order chi connectivity index (χ1) is 9.99. The molecule has 0 aromatic carbocycles. The van der Waals surface area contributed by atoms with Crippen molar-refractivity contribution in [3.63, 3.8) is 0 Å². The second-order valence-electron chi connectivity index (χ2n) is 7.67. The van der Waals surface area contributed by atoms with Crippen LogP contribution in [0.25, 0.3) is 0 Å². The van der Waals surface area contributed by atoms with E-state index in [-0.39, 0.29) is 16.7 Å². The van der Waals surface area contributed by atoms with Crippen LogP contribution in [0.15, 0.2) is 0 Å². The molecular formula is C18H36N2O2. The number of amides is 2. The van der Waals surface area contributed by atoms with Gasteiger partial charge in [-0.3, -0.25) is 9.59 Å². The Balaban J connectivity index is 0.000000409. The van der Waals surface area contributed by atoms with Gasteiger partial charge in [0.2, 0.25) is 11.8 Å². The van der Waals surface area contributed by atoms with Crippen LogP contribution in [0.2, 0.25) is 0 Å². The molecule has 0 spiro atoms. The van der Waals surface area contributed by atoms with Crippen molar-refractivity contribution in [2.45, 2.75) is 67.2 Å². The highest BCUT2D eigenvalue weighted by atomic mass is 16.2. The van der Waals surface area contributed by atoms with Crippen LogP contribution in [0.5, 0.6) is 0 Å². The summed E-state index contributed by atoms with van der Waals surface area (Å²) in [6.07, 6.45) is 4.20. The van der Waals surface area contributed by atoms with E-state index in [0.29, 0.717) is 5.91 Å². The van der Waals surface area contributed by atoms with Crippen molar-refractivity contribution in [2.24, 2.45) is 10.8 Å². The topological polar surface area (TPSA) is 40.6 Å². The van der Waals surface area contributed by atoms with Crippen LogP contribution < -0.4 is 0 Å². The number of rotatable bonds is 4. The number of carbonyl (C=O) groups is 2. The normalized spacial score (nSPS) is 15.2.